The van der Waals surface area contributed by atoms with E-state index < -0.39 is 0 Å². The van der Waals surface area contributed by atoms with Gasteiger partial charge in [-0.05, 0) is 73.9 Å². The Hall–Kier alpha value is -2.53. The van der Waals surface area contributed by atoms with Gasteiger partial charge in [0.1, 0.15) is 0 Å². The second-order valence-corrected chi connectivity index (χ2v) is 8.04. The van der Waals surface area contributed by atoms with Gasteiger partial charge >= 0.3 is 0 Å². The molecule has 1 amide bonds. The molecule has 5 heteroatoms. The van der Waals surface area contributed by atoms with E-state index >= 15 is 0 Å². The normalized spacial score (nSPS) is 20.4. The summed E-state index contributed by atoms with van der Waals surface area (Å²) in [4.78, 5) is 22.4. The second kappa shape index (κ2) is 8.65. The van der Waals surface area contributed by atoms with Crippen LogP contribution in [0.25, 0.3) is 6.08 Å². The number of carbonyl (C=O) groups is 1. The summed E-state index contributed by atoms with van der Waals surface area (Å²) in [6, 6.07) is 18.3. The molecule has 4 nitrogen and oxygen atoms in total. The van der Waals surface area contributed by atoms with Crippen molar-refractivity contribution in [3.05, 3.63) is 65.1 Å². The summed E-state index contributed by atoms with van der Waals surface area (Å²) >= 11 is 1.45. The second-order valence-electron chi connectivity index (χ2n) is 7.03. The lowest BCUT2D eigenvalue weighted by atomic mass is 10.1. The molecule has 0 aliphatic carbocycles. The highest BCUT2D eigenvalue weighted by atomic mass is 32.2. The van der Waals surface area contributed by atoms with Gasteiger partial charge in [-0.2, -0.15) is 0 Å². The van der Waals surface area contributed by atoms with E-state index in [1.54, 1.807) is 4.90 Å². The van der Waals surface area contributed by atoms with Crippen molar-refractivity contribution in [2.45, 2.75) is 26.2 Å². The van der Waals surface area contributed by atoms with Crippen LogP contribution in [-0.2, 0) is 4.79 Å². The zero-order valence-corrected chi connectivity index (χ0v) is 17.0. The maximum absolute atomic E-state index is 12.8. The molecule has 0 unspecified atom stereocenters. The van der Waals surface area contributed by atoms with Crippen LogP contribution in [0, 0.1) is 0 Å². The Bertz CT molecular complexity index is 884. The van der Waals surface area contributed by atoms with Gasteiger partial charge in [-0.1, -0.05) is 30.3 Å². The number of rotatable bonds is 4. The van der Waals surface area contributed by atoms with Crippen LogP contribution in [0.4, 0.5) is 11.4 Å². The molecule has 0 atom stereocenters. The van der Waals surface area contributed by atoms with Crippen LogP contribution in [-0.4, -0.2) is 35.6 Å². The van der Waals surface area contributed by atoms with Gasteiger partial charge in [0, 0.05) is 25.3 Å². The summed E-state index contributed by atoms with van der Waals surface area (Å²) in [5.74, 6) is 0.0278. The molecule has 2 aromatic rings. The maximum Gasteiger partial charge on any atom is 0.266 e. The summed E-state index contributed by atoms with van der Waals surface area (Å²) in [5.41, 5.74) is 3.17. The van der Waals surface area contributed by atoms with E-state index in [0.717, 1.165) is 34.4 Å². The first-order chi connectivity index (χ1) is 13.7. The average Bonchev–Trinajstić information content (AvgIpc) is 3.04. The molecule has 0 radical (unpaired) electrons. The lowest BCUT2D eigenvalue weighted by Gasteiger charge is -2.28. The Morgan fingerprint density at radius 2 is 1.71 bits per heavy atom. The third-order valence-corrected chi connectivity index (χ3v) is 6.10. The van der Waals surface area contributed by atoms with E-state index in [2.05, 4.69) is 29.2 Å². The highest BCUT2D eigenvalue weighted by Crippen LogP contribution is 2.34. The molecule has 144 valence electrons. The molecule has 4 rings (SSSR count). The first-order valence-corrected chi connectivity index (χ1v) is 10.8. The number of hydrogen-bond acceptors (Lipinski definition) is 4. The van der Waals surface area contributed by atoms with Crippen molar-refractivity contribution in [1.82, 2.24) is 4.90 Å². The predicted octanol–water partition coefficient (Wildman–Crippen LogP) is 5.30. The van der Waals surface area contributed by atoms with Crippen molar-refractivity contribution in [2.24, 2.45) is 4.99 Å². The lowest BCUT2D eigenvalue weighted by Crippen LogP contribution is -2.29. The Balaban J connectivity index is 1.54. The number of aliphatic imine (C=N–C) groups is 1. The van der Waals surface area contributed by atoms with Gasteiger partial charge in [0.25, 0.3) is 5.91 Å². The fourth-order valence-electron chi connectivity index (χ4n) is 3.57. The molecule has 2 saturated heterocycles. The molecule has 28 heavy (non-hydrogen) atoms. The minimum absolute atomic E-state index is 0.0278. The van der Waals surface area contributed by atoms with Crippen molar-refractivity contribution in [3.8, 4) is 0 Å². The van der Waals surface area contributed by atoms with E-state index in [1.807, 2.05) is 43.3 Å². The summed E-state index contributed by atoms with van der Waals surface area (Å²) in [6.07, 6.45) is 5.81. The quantitative estimate of drug-likeness (QED) is 0.664. The minimum atomic E-state index is 0.0278. The number of hydrogen-bond donors (Lipinski definition) is 0. The highest BCUT2D eigenvalue weighted by molar-refractivity contribution is 8.18. The van der Waals surface area contributed by atoms with Crippen molar-refractivity contribution < 1.29 is 4.79 Å². The van der Waals surface area contributed by atoms with E-state index in [4.69, 9.17) is 4.99 Å². The van der Waals surface area contributed by atoms with Gasteiger partial charge in [0.05, 0.1) is 10.6 Å². The Kier molecular flexibility index (Phi) is 5.81. The minimum Gasteiger partial charge on any atom is -0.372 e. The smallest absolute Gasteiger partial charge is 0.266 e. The molecule has 2 fully saturated rings. The average molecular weight is 392 g/mol. The number of carbonyl (C=O) groups excluding carboxylic acids is 1. The SMILES string of the molecule is CCN1C(=O)/C(=C/c2ccccc2)SC1=Nc1ccc(N2CCCCC2)cc1. The number of anilines is 1. The summed E-state index contributed by atoms with van der Waals surface area (Å²) in [6.45, 7) is 4.87. The summed E-state index contributed by atoms with van der Waals surface area (Å²) in [5, 5.41) is 0.750. The van der Waals surface area contributed by atoms with Gasteiger partial charge in [0.2, 0.25) is 0 Å². The summed E-state index contributed by atoms with van der Waals surface area (Å²) < 4.78 is 0. The highest BCUT2D eigenvalue weighted by Gasteiger charge is 2.32. The molecule has 2 aromatic carbocycles. The fraction of sp³-hybridized carbons (Fsp3) is 0.304. The van der Waals surface area contributed by atoms with Crippen molar-refractivity contribution >= 4 is 40.3 Å². The van der Waals surface area contributed by atoms with E-state index in [9.17, 15) is 4.79 Å². The first-order valence-electron chi connectivity index (χ1n) is 9.95. The van der Waals surface area contributed by atoms with Crippen LogP contribution in [0.15, 0.2) is 64.5 Å². The molecular weight excluding hydrogens is 366 g/mol. The standard InChI is InChI=1S/C23H25N3OS/c1-2-26-22(27)21(17-18-9-5-3-6-10-18)28-23(26)24-19-11-13-20(14-12-19)25-15-7-4-8-16-25/h3,5-6,9-14,17H,2,4,7-8,15-16H2,1H3/b21-17-,24-23?. The number of thioether (sulfide) groups is 1. The first kappa shape index (κ1) is 18.8. The van der Waals surface area contributed by atoms with Crippen molar-refractivity contribution in [2.75, 3.05) is 24.5 Å². The third kappa shape index (κ3) is 4.14. The monoisotopic (exact) mass is 391 g/mol. The number of piperidine rings is 1. The molecule has 2 heterocycles. The van der Waals surface area contributed by atoms with Crippen molar-refractivity contribution in [3.63, 3.8) is 0 Å². The molecule has 0 aromatic heterocycles. The van der Waals surface area contributed by atoms with Crippen LogP contribution in [0.5, 0.6) is 0 Å². The molecule has 0 N–H and O–H groups in total. The number of benzene rings is 2. The van der Waals surface area contributed by atoms with Crippen LogP contribution < -0.4 is 4.90 Å². The molecular formula is C23H25N3OS. The van der Waals surface area contributed by atoms with Crippen LogP contribution in [0.1, 0.15) is 31.7 Å². The molecule has 2 aliphatic rings. The van der Waals surface area contributed by atoms with E-state index in [1.165, 1.54) is 36.7 Å². The third-order valence-electron chi connectivity index (χ3n) is 5.10. The lowest BCUT2D eigenvalue weighted by molar-refractivity contribution is -0.122. The fourth-order valence-corrected chi connectivity index (χ4v) is 4.63. The van der Waals surface area contributed by atoms with Gasteiger partial charge in [0.15, 0.2) is 5.17 Å². The van der Waals surface area contributed by atoms with Crippen LogP contribution in [0.2, 0.25) is 0 Å². The zero-order chi connectivity index (χ0) is 19.3. The largest absolute Gasteiger partial charge is 0.372 e. The molecule has 0 saturated carbocycles. The van der Waals surface area contributed by atoms with Gasteiger partial charge in [-0.25, -0.2) is 4.99 Å². The number of likely N-dealkylation sites (N-methyl/N-ethyl adjacent to an activating group) is 1. The Morgan fingerprint density at radius 3 is 2.39 bits per heavy atom. The number of nitrogens with zero attached hydrogens (tertiary/aromatic N) is 3. The van der Waals surface area contributed by atoms with Crippen LogP contribution in [0.3, 0.4) is 0 Å². The van der Waals surface area contributed by atoms with Gasteiger partial charge < -0.3 is 4.90 Å². The van der Waals surface area contributed by atoms with E-state index in [-0.39, 0.29) is 5.91 Å². The van der Waals surface area contributed by atoms with Crippen molar-refractivity contribution in [1.29, 1.82) is 0 Å². The van der Waals surface area contributed by atoms with Crippen LogP contribution >= 0.6 is 11.8 Å². The molecule has 2 aliphatic heterocycles. The zero-order valence-electron chi connectivity index (χ0n) is 16.2. The van der Waals surface area contributed by atoms with Gasteiger partial charge in [-0.15, -0.1) is 0 Å². The Labute approximate surface area is 171 Å². The van der Waals surface area contributed by atoms with Gasteiger partial charge in [-0.3, -0.25) is 9.69 Å². The van der Waals surface area contributed by atoms with E-state index in [0.29, 0.717) is 6.54 Å². The molecule has 0 spiro atoms. The topological polar surface area (TPSA) is 35.9 Å². The summed E-state index contributed by atoms with van der Waals surface area (Å²) in [7, 11) is 0. The number of amidine groups is 1. The predicted molar refractivity (Wildman–Crippen MR) is 119 cm³/mol. The number of amides is 1. The Morgan fingerprint density at radius 1 is 1.00 bits per heavy atom. The maximum atomic E-state index is 12.8. The molecule has 0 bridgehead atoms.